The minimum Gasteiger partial charge on any atom is -0.0816 e. The fourth-order valence-corrected chi connectivity index (χ4v) is 1.87. The third-order valence-electron chi connectivity index (χ3n) is 3.22. The van der Waals surface area contributed by atoms with E-state index in [4.69, 9.17) is 0 Å². The molecule has 0 aliphatic heterocycles. The predicted molar refractivity (Wildman–Crippen MR) is 68.9 cm³/mol. The lowest BCUT2D eigenvalue weighted by Gasteiger charge is -2.24. The van der Waals surface area contributed by atoms with E-state index in [1.807, 2.05) is 0 Å². The Morgan fingerprint density at radius 3 is 2.60 bits per heavy atom. The summed E-state index contributed by atoms with van der Waals surface area (Å²) in [6.07, 6.45) is 14.0. The van der Waals surface area contributed by atoms with Gasteiger partial charge in [0.15, 0.2) is 0 Å². The van der Waals surface area contributed by atoms with Crippen molar-refractivity contribution in [1.82, 2.24) is 0 Å². The summed E-state index contributed by atoms with van der Waals surface area (Å²) in [6.45, 7) is 9.19. The molecule has 0 saturated carbocycles. The lowest BCUT2D eigenvalue weighted by Crippen LogP contribution is -2.10. The maximum absolute atomic E-state index is 2.38. The number of allylic oxidation sites excluding steroid dienone is 6. The largest absolute Gasteiger partial charge is 0.0816 e. The second-order valence-electron chi connectivity index (χ2n) is 5.52. The number of rotatable bonds is 0. The van der Waals surface area contributed by atoms with Gasteiger partial charge in [0, 0.05) is 0 Å². The Morgan fingerprint density at radius 2 is 1.87 bits per heavy atom. The van der Waals surface area contributed by atoms with Crippen LogP contribution in [0.5, 0.6) is 0 Å². The second kappa shape index (κ2) is 5.34. The Bertz CT molecular complexity index is 287. The van der Waals surface area contributed by atoms with Crippen molar-refractivity contribution in [1.29, 1.82) is 0 Å². The molecule has 0 aromatic rings. The number of hydrogen-bond acceptors (Lipinski definition) is 0. The van der Waals surface area contributed by atoms with Crippen LogP contribution in [0.15, 0.2) is 35.5 Å². The van der Waals surface area contributed by atoms with Crippen molar-refractivity contribution >= 4 is 0 Å². The van der Waals surface area contributed by atoms with Crippen LogP contribution in [0.1, 0.15) is 53.4 Å². The molecule has 1 aliphatic carbocycles. The zero-order valence-electron chi connectivity index (χ0n) is 10.6. The van der Waals surface area contributed by atoms with Gasteiger partial charge in [-0.2, -0.15) is 0 Å². The second-order valence-corrected chi connectivity index (χ2v) is 5.52. The van der Waals surface area contributed by atoms with Crippen LogP contribution in [0.4, 0.5) is 0 Å². The highest BCUT2D eigenvalue weighted by atomic mass is 14.2. The lowest BCUT2D eigenvalue weighted by atomic mass is 9.82. The van der Waals surface area contributed by atoms with Gasteiger partial charge in [0.25, 0.3) is 0 Å². The maximum Gasteiger partial charge on any atom is -0.0315 e. The summed E-state index contributed by atoms with van der Waals surface area (Å²) in [6, 6.07) is 0. The first kappa shape index (κ1) is 12.3. The van der Waals surface area contributed by atoms with Crippen LogP contribution in [0.2, 0.25) is 0 Å². The number of hydrogen-bond donors (Lipinski definition) is 0. The van der Waals surface area contributed by atoms with Crippen LogP contribution in [0.3, 0.4) is 0 Å². The molecule has 0 aromatic carbocycles. The van der Waals surface area contributed by atoms with Crippen molar-refractivity contribution in [2.45, 2.75) is 53.4 Å². The van der Waals surface area contributed by atoms with E-state index in [0.29, 0.717) is 5.41 Å². The zero-order valence-corrected chi connectivity index (χ0v) is 10.6. The average molecular weight is 204 g/mol. The van der Waals surface area contributed by atoms with Gasteiger partial charge in [0.1, 0.15) is 0 Å². The van der Waals surface area contributed by atoms with Crippen LogP contribution in [0.25, 0.3) is 0 Å². The highest BCUT2D eigenvalue weighted by Gasteiger charge is 2.16. The molecule has 0 radical (unpaired) electrons. The van der Waals surface area contributed by atoms with Gasteiger partial charge in [-0.15, -0.1) is 0 Å². The van der Waals surface area contributed by atoms with E-state index in [1.165, 1.54) is 36.8 Å². The van der Waals surface area contributed by atoms with Crippen LogP contribution in [0, 0.1) is 5.41 Å². The van der Waals surface area contributed by atoms with Gasteiger partial charge >= 0.3 is 0 Å². The first-order valence-corrected chi connectivity index (χ1v) is 6.00. The van der Waals surface area contributed by atoms with Crippen LogP contribution in [-0.4, -0.2) is 0 Å². The summed E-state index contributed by atoms with van der Waals surface area (Å²) in [5, 5.41) is 0. The van der Waals surface area contributed by atoms with E-state index in [-0.39, 0.29) is 0 Å². The molecule has 0 heteroatoms. The summed E-state index contributed by atoms with van der Waals surface area (Å²) in [4.78, 5) is 0. The van der Waals surface area contributed by atoms with Gasteiger partial charge in [-0.3, -0.25) is 0 Å². The van der Waals surface area contributed by atoms with E-state index in [0.717, 1.165) is 0 Å². The fraction of sp³-hybridized carbons (Fsp3) is 0.600. The molecule has 15 heavy (non-hydrogen) atoms. The van der Waals surface area contributed by atoms with E-state index < -0.39 is 0 Å². The topological polar surface area (TPSA) is 0 Å². The first-order chi connectivity index (χ1) is 6.99. The van der Waals surface area contributed by atoms with E-state index in [9.17, 15) is 0 Å². The van der Waals surface area contributed by atoms with Gasteiger partial charge in [-0.25, -0.2) is 0 Å². The summed E-state index contributed by atoms with van der Waals surface area (Å²) in [5.41, 5.74) is 3.36. The molecule has 0 unspecified atom stereocenters. The van der Waals surface area contributed by atoms with Gasteiger partial charge in [0.05, 0.1) is 0 Å². The molecular weight excluding hydrogens is 180 g/mol. The van der Waals surface area contributed by atoms with E-state index >= 15 is 0 Å². The molecule has 0 aromatic heterocycles. The van der Waals surface area contributed by atoms with Crippen molar-refractivity contribution in [3.05, 3.63) is 35.5 Å². The Labute approximate surface area is 94.8 Å². The van der Waals surface area contributed by atoms with Crippen LogP contribution >= 0.6 is 0 Å². The minimum absolute atomic E-state index is 0.482. The molecule has 1 aliphatic rings. The molecule has 0 N–H and O–H groups in total. The molecule has 0 nitrogen and oxygen atoms in total. The normalized spacial score (nSPS) is 22.7. The Kier molecular flexibility index (Phi) is 4.38. The monoisotopic (exact) mass is 204 g/mol. The molecule has 84 valence electrons. The van der Waals surface area contributed by atoms with E-state index in [1.54, 1.807) is 0 Å². The molecule has 1 rings (SSSR count). The van der Waals surface area contributed by atoms with Gasteiger partial charge in [-0.1, -0.05) is 49.3 Å². The molecule has 0 atom stereocenters. The third-order valence-corrected chi connectivity index (χ3v) is 3.22. The lowest BCUT2D eigenvalue weighted by molar-refractivity contribution is 0.310. The molecule has 0 saturated heterocycles. The Hall–Kier alpha value is -0.780. The maximum atomic E-state index is 2.38. The molecule has 0 fully saturated rings. The van der Waals surface area contributed by atoms with Crippen molar-refractivity contribution < 1.29 is 0 Å². The SMILES string of the molecule is CC1=CCCC(C)(C)CCC(C)=CC=C1. The summed E-state index contributed by atoms with van der Waals surface area (Å²) in [7, 11) is 0. The third kappa shape index (κ3) is 5.01. The van der Waals surface area contributed by atoms with Crippen molar-refractivity contribution in [3.8, 4) is 0 Å². The summed E-state index contributed by atoms with van der Waals surface area (Å²) >= 11 is 0. The van der Waals surface area contributed by atoms with Crippen molar-refractivity contribution in [3.63, 3.8) is 0 Å². The standard InChI is InChI=1S/C15H24/c1-13-7-5-8-14(2)10-12-15(3,4)11-6-9-13/h5,7-9H,6,10-12H2,1-4H3. The minimum atomic E-state index is 0.482. The highest BCUT2D eigenvalue weighted by Crippen LogP contribution is 2.30. The van der Waals surface area contributed by atoms with Crippen LogP contribution < -0.4 is 0 Å². The molecule has 0 bridgehead atoms. The molecule has 0 heterocycles. The molecular formula is C15H24. The Morgan fingerprint density at radius 1 is 1.13 bits per heavy atom. The summed E-state index contributed by atoms with van der Waals surface area (Å²) in [5.74, 6) is 0. The smallest absolute Gasteiger partial charge is 0.0315 e. The zero-order chi connectivity index (χ0) is 11.3. The fourth-order valence-electron chi connectivity index (χ4n) is 1.87. The van der Waals surface area contributed by atoms with Gasteiger partial charge < -0.3 is 0 Å². The van der Waals surface area contributed by atoms with Gasteiger partial charge in [0.2, 0.25) is 0 Å². The van der Waals surface area contributed by atoms with E-state index in [2.05, 4.69) is 52.0 Å². The van der Waals surface area contributed by atoms with Crippen molar-refractivity contribution in [2.24, 2.45) is 5.41 Å². The molecule has 0 amide bonds. The molecule has 0 spiro atoms. The van der Waals surface area contributed by atoms with Crippen LogP contribution in [-0.2, 0) is 0 Å². The Balaban J connectivity index is 2.77. The van der Waals surface area contributed by atoms with Crippen molar-refractivity contribution in [2.75, 3.05) is 0 Å². The first-order valence-electron chi connectivity index (χ1n) is 6.00. The predicted octanol–water partition coefficient (Wildman–Crippen LogP) is 5.04. The van der Waals surface area contributed by atoms with Gasteiger partial charge in [-0.05, 0) is 44.9 Å². The highest BCUT2D eigenvalue weighted by molar-refractivity contribution is 5.22. The quantitative estimate of drug-likeness (QED) is 0.519. The average Bonchev–Trinajstić information content (AvgIpc) is 2.15. The summed E-state index contributed by atoms with van der Waals surface area (Å²) < 4.78 is 0.